The Bertz CT molecular complexity index is 590. The van der Waals surface area contributed by atoms with E-state index < -0.39 is 0 Å². The second-order valence-corrected chi connectivity index (χ2v) is 5.66. The van der Waals surface area contributed by atoms with E-state index in [1.807, 2.05) is 6.07 Å². The summed E-state index contributed by atoms with van der Waals surface area (Å²) in [6, 6.07) is 9.08. The fraction of sp³-hybridized carbons (Fsp3) is 0.267. The third kappa shape index (κ3) is 3.35. The van der Waals surface area contributed by atoms with Crippen LogP contribution in [0, 0.1) is 6.92 Å². The summed E-state index contributed by atoms with van der Waals surface area (Å²) in [6.07, 6.45) is 1.02. The van der Waals surface area contributed by atoms with Crippen LogP contribution in [0.25, 0.3) is 0 Å². The third-order valence-corrected chi connectivity index (χ3v) is 4.19. The van der Waals surface area contributed by atoms with E-state index in [0.29, 0.717) is 12.1 Å². The van der Waals surface area contributed by atoms with Crippen molar-refractivity contribution in [2.24, 2.45) is 0 Å². The van der Waals surface area contributed by atoms with Crippen molar-refractivity contribution in [2.45, 2.75) is 26.8 Å². The van der Waals surface area contributed by atoms with Crippen LogP contribution in [0.4, 0.5) is 0 Å². The predicted octanol–water partition coefficient (Wildman–Crippen LogP) is 3.25. The van der Waals surface area contributed by atoms with Gasteiger partial charge < -0.3 is 10.4 Å². The Morgan fingerprint density at radius 3 is 2.63 bits per heavy atom. The SMILES string of the molecule is CCc1ccc(CNC(=O)c2ccc(C)c(O)c2)s1. The van der Waals surface area contributed by atoms with Gasteiger partial charge in [-0.25, -0.2) is 0 Å². The Labute approximate surface area is 116 Å². The minimum absolute atomic E-state index is 0.150. The summed E-state index contributed by atoms with van der Waals surface area (Å²) in [5.41, 5.74) is 1.25. The highest BCUT2D eigenvalue weighted by molar-refractivity contribution is 7.11. The number of phenolic OH excluding ortho intramolecular Hbond substituents is 1. The first kappa shape index (κ1) is 13.6. The molecule has 0 spiro atoms. The molecule has 2 aromatic rings. The lowest BCUT2D eigenvalue weighted by molar-refractivity contribution is 0.0951. The molecule has 0 aliphatic carbocycles. The van der Waals surface area contributed by atoms with Crippen molar-refractivity contribution in [3.63, 3.8) is 0 Å². The van der Waals surface area contributed by atoms with Crippen molar-refractivity contribution in [1.29, 1.82) is 0 Å². The molecular weight excluding hydrogens is 258 g/mol. The van der Waals surface area contributed by atoms with Crippen molar-refractivity contribution < 1.29 is 9.90 Å². The highest BCUT2D eigenvalue weighted by atomic mass is 32.1. The Kier molecular flexibility index (Phi) is 4.22. The third-order valence-electron chi connectivity index (χ3n) is 2.96. The van der Waals surface area contributed by atoms with E-state index in [9.17, 15) is 9.90 Å². The van der Waals surface area contributed by atoms with Crippen LogP contribution in [0.5, 0.6) is 5.75 Å². The molecule has 0 aliphatic rings. The summed E-state index contributed by atoms with van der Waals surface area (Å²) in [4.78, 5) is 14.4. The summed E-state index contributed by atoms with van der Waals surface area (Å²) in [5.74, 6) is -0.0150. The van der Waals surface area contributed by atoms with E-state index in [4.69, 9.17) is 0 Å². The number of aromatic hydroxyl groups is 1. The van der Waals surface area contributed by atoms with Gasteiger partial charge in [0.1, 0.15) is 5.75 Å². The van der Waals surface area contributed by atoms with E-state index in [2.05, 4.69) is 18.3 Å². The minimum atomic E-state index is -0.165. The summed E-state index contributed by atoms with van der Waals surface area (Å²) in [7, 11) is 0. The standard InChI is InChI=1S/C15H17NO2S/c1-3-12-6-7-13(19-12)9-16-15(18)11-5-4-10(2)14(17)8-11/h4-8,17H,3,9H2,1-2H3,(H,16,18). The number of aryl methyl sites for hydroxylation is 2. The molecule has 2 rings (SSSR count). The van der Waals surface area contributed by atoms with Gasteiger partial charge in [-0.15, -0.1) is 11.3 Å². The molecule has 3 nitrogen and oxygen atoms in total. The fourth-order valence-corrected chi connectivity index (χ4v) is 2.63. The normalized spacial score (nSPS) is 10.4. The maximum absolute atomic E-state index is 11.9. The largest absolute Gasteiger partial charge is 0.508 e. The van der Waals surface area contributed by atoms with Gasteiger partial charge in [-0.1, -0.05) is 13.0 Å². The van der Waals surface area contributed by atoms with Crippen LogP contribution < -0.4 is 5.32 Å². The molecule has 0 radical (unpaired) electrons. The topological polar surface area (TPSA) is 49.3 Å². The average molecular weight is 275 g/mol. The molecule has 0 aliphatic heterocycles. The molecule has 0 unspecified atom stereocenters. The van der Waals surface area contributed by atoms with Crippen LogP contribution >= 0.6 is 11.3 Å². The van der Waals surface area contributed by atoms with Crippen molar-refractivity contribution in [3.8, 4) is 5.75 Å². The van der Waals surface area contributed by atoms with Gasteiger partial charge in [-0.05, 0) is 43.2 Å². The number of hydrogen-bond donors (Lipinski definition) is 2. The van der Waals surface area contributed by atoms with E-state index in [0.717, 1.165) is 16.9 Å². The van der Waals surface area contributed by atoms with Crippen molar-refractivity contribution in [2.75, 3.05) is 0 Å². The zero-order valence-corrected chi connectivity index (χ0v) is 11.9. The first-order chi connectivity index (χ1) is 9.10. The van der Waals surface area contributed by atoms with Gasteiger partial charge in [0.05, 0.1) is 6.54 Å². The lowest BCUT2D eigenvalue weighted by atomic mass is 10.1. The Morgan fingerprint density at radius 2 is 2.00 bits per heavy atom. The van der Waals surface area contributed by atoms with Crippen LogP contribution in [0.3, 0.4) is 0 Å². The number of phenols is 1. The van der Waals surface area contributed by atoms with E-state index in [-0.39, 0.29) is 11.7 Å². The predicted molar refractivity (Wildman–Crippen MR) is 77.7 cm³/mol. The smallest absolute Gasteiger partial charge is 0.251 e. The van der Waals surface area contributed by atoms with Crippen molar-refractivity contribution in [1.82, 2.24) is 5.32 Å². The highest BCUT2D eigenvalue weighted by Crippen LogP contribution is 2.18. The van der Waals surface area contributed by atoms with Gasteiger partial charge >= 0.3 is 0 Å². The number of amides is 1. The first-order valence-corrected chi connectivity index (χ1v) is 7.07. The number of hydrogen-bond acceptors (Lipinski definition) is 3. The monoisotopic (exact) mass is 275 g/mol. The molecule has 0 saturated heterocycles. The molecular formula is C15H17NO2S. The van der Waals surface area contributed by atoms with Crippen molar-refractivity contribution >= 4 is 17.2 Å². The van der Waals surface area contributed by atoms with E-state index >= 15 is 0 Å². The number of benzene rings is 1. The zero-order valence-electron chi connectivity index (χ0n) is 11.1. The quantitative estimate of drug-likeness (QED) is 0.900. The van der Waals surface area contributed by atoms with Crippen LogP contribution in [0.1, 0.15) is 32.6 Å². The number of carbonyl (C=O) groups excluding carboxylic acids is 1. The Balaban J connectivity index is 1.99. The average Bonchev–Trinajstić information content (AvgIpc) is 2.87. The highest BCUT2D eigenvalue weighted by Gasteiger charge is 2.08. The molecule has 1 amide bonds. The molecule has 0 saturated carbocycles. The van der Waals surface area contributed by atoms with Gasteiger partial charge in [0.2, 0.25) is 0 Å². The number of thiophene rings is 1. The van der Waals surface area contributed by atoms with Gasteiger partial charge in [0.15, 0.2) is 0 Å². The van der Waals surface area contributed by atoms with Crippen LogP contribution in [-0.4, -0.2) is 11.0 Å². The molecule has 0 fully saturated rings. The molecule has 100 valence electrons. The molecule has 2 N–H and O–H groups in total. The first-order valence-electron chi connectivity index (χ1n) is 6.25. The Hall–Kier alpha value is -1.81. The lowest BCUT2D eigenvalue weighted by Gasteiger charge is -2.05. The Morgan fingerprint density at radius 1 is 1.26 bits per heavy atom. The molecule has 0 bridgehead atoms. The lowest BCUT2D eigenvalue weighted by Crippen LogP contribution is -2.22. The van der Waals surface area contributed by atoms with Gasteiger partial charge in [0, 0.05) is 15.3 Å². The van der Waals surface area contributed by atoms with Gasteiger partial charge in [-0.2, -0.15) is 0 Å². The number of carbonyl (C=O) groups is 1. The molecule has 1 aromatic carbocycles. The van der Waals surface area contributed by atoms with Crippen LogP contribution in [0.15, 0.2) is 30.3 Å². The summed E-state index contributed by atoms with van der Waals surface area (Å²) in [5, 5.41) is 12.5. The van der Waals surface area contributed by atoms with Gasteiger partial charge in [0.25, 0.3) is 5.91 Å². The maximum Gasteiger partial charge on any atom is 0.251 e. The summed E-state index contributed by atoms with van der Waals surface area (Å²) in [6.45, 7) is 4.44. The maximum atomic E-state index is 11.9. The number of rotatable bonds is 4. The molecule has 4 heteroatoms. The molecule has 19 heavy (non-hydrogen) atoms. The molecule has 1 aromatic heterocycles. The van der Waals surface area contributed by atoms with Crippen LogP contribution in [0.2, 0.25) is 0 Å². The second kappa shape index (κ2) is 5.89. The van der Waals surface area contributed by atoms with E-state index in [1.54, 1.807) is 30.4 Å². The van der Waals surface area contributed by atoms with Gasteiger partial charge in [-0.3, -0.25) is 4.79 Å². The fourth-order valence-electron chi connectivity index (χ4n) is 1.73. The van der Waals surface area contributed by atoms with Crippen molar-refractivity contribution in [3.05, 3.63) is 51.2 Å². The summed E-state index contributed by atoms with van der Waals surface area (Å²) >= 11 is 1.71. The molecule has 1 heterocycles. The zero-order chi connectivity index (χ0) is 13.8. The number of nitrogens with one attached hydrogen (secondary N) is 1. The molecule has 0 atom stereocenters. The second-order valence-electron chi connectivity index (χ2n) is 4.41. The minimum Gasteiger partial charge on any atom is -0.508 e. The summed E-state index contributed by atoms with van der Waals surface area (Å²) < 4.78 is 0. The van der Waals surface area contributed by atoms with Crippen LogP contribution in [-0.2, 0) is 13.0 Å². The van der Waals surface area contributed by atoms with E-state index in [1.165, 1.54) is 10.9 Å².